The van der Waals surface area contributed by atoms with Crippen LogP contribution in [0.15, 0.2) is 30.3 Å². The number of benzene rings is 1. The van der Waals surface area contributed by atoms with Gasteiger partial charge in [-0.05, 0) is 24.8 Å². The summed E-state index contributed by atoms with van der Waals surface area (Å²) in [5, 5.41) is 0. The van der Waals surface area contributed by atoms with Crippen molar-refractivity contribution >= 4 is 5.91 Å². The van der Waals surface area contributed by atoms with Crippen molar-refractivity contribution < 1.29 is 4.79 Å². The molecule has 0 aliphatic rings. The van der Waals surface area contributed by atoms with Crippen molar-refractivity contribution in [2.45, 2.75) is 32.1 Å². The fourth-order valence-electron chi connectivity index (χ4n) is 1.44. The highest BCUT2D eigenvalue weighted by atomic mass is 16.1. The van der Waals surface area contributed by atoms with Gasteiger partial charge in [-0.1, -0.05) is 36.8 Å². The lowest BCUT2D eigenvalue weighted by molar-refractivity contribution is -0.118. The number of carbonyl (C=O) groups is 1. The van der Waals surface area contributed by atoms with Crippen molar-refractivity contribution in [2.75, 3.05) is 0 Å². The van der Waals surface area contributed by atoms with Crippen LogP contribution in [0.4, 0.5) is 0 Å². The second kappa shape index (κ2) is 6.19. The van der Waals surface area contributed by atoms with Crippen LogP contribution in [-0.2, 0) is 11.2 Å². The van der Waals surface area contributed by atoms with E-state index in [1.807, 2.05) is 18.2 Å². The van der Waals surface area contributed by atoms with Crippen molar-refractivity contribution in [1.82, 2.24) is 5.73 Å². The zero-order valence-electron chi connectivity index (χ0n) is 8.33. The minimum Gasteiger partial charge on any atom is -0.273 e. The first kappa shape index (κ1) is 10.8. The number of hydrogen-bond acceptors (Lipinski definition) is 1. The second-order valence-electron chi connectivity index (χ2n) is 3.47. The molecule has 0 saturated heterocycles. The van der Waals surface area contributed by atoms with Gasteiger partial charge < -0.3 is 0 Å². The molecule has 0 aliphatic heterocycles. The topological polar surface area (TPSA) is 40.9 Å². The van der Waals surface area contributed by atoms with Crippen LogP contribution in [0.25, 0.3) is 0 Å². The molecule has 2 heteroatoms. The molecule has 75 valence electrons. The lowest BCUT2D eigenvalue weighted by Crippen LogP contribution is -1.96. The van der Waals surface area contributed by atoms with Gasteiger partial charge in [-0.25, -0.2) is 0 Å². The second-order valence-corrected chi connectivity index (χ2v) is 3.47. The average Bonchev–Trinajstić information content (AvgIpc) is 2.18. The number of rotatable bonds is 6. The van der Waals surface area contributed by atoms with Gasteiger partial charge in [-0.2, -0.15) is 0 Å². The van der Waals surface area contributed by atoms with Crippen LogP contribution in [0.5, 0.6) is 0 Å². The fraction of sp³-hybridized carbons (Fsp3) is 0.417. The van der Waals surface area contributed by atoms with Gasteiger partial charge in [0.15, 0.2) is 0 Å². The molecule has 1 N–H and O–H groups in total. The number of amides is 1. The Morgan fingerprint density at radius 3 is 2.43 bits per heavy atom. The quantitative estimate of drug-likeness (QED) is 0.635. The highest BCUT2D eigenvalue weighted by Gasteiger charge is 1.96. The summed E-state index contributed by atoms with van der Waals surface area (Å²) in [5.41, 5.74) is 8.09. The third-order valence-electron chi connectivity index (χ3n) is 2.21. The maximum atomic E-state index is 10.3. The normalized spacial score (nSPS) is 10.0. The number of nitrogens with one attached hydrogen (secondary N) is 1. The van der Waals surface area contributed by atoms with Gasteiger partial charge in [-0.15, -0.1) is 0 Å². The lowest BCUT2D eigenvalue weighted by atomic mass is 10.1. The van der Waals surface area contributed by atoms with Crippen molar-refractivity contribution in [1.29, 1.82) is 0 Å². The third kappa shape index (κ3) is 4.65. The molecule has 0 saturated carbocycles. The van der Waals surface area contributed by atoms with Crippen LogP contribution in [0.1, 0.15) is 31.2 Å². The molecule has 1 amide bonds. The molecule has 1 radical (unpaired) electrons. The maximum absolute atomic E-state index is 10.3. The summed E-state index contributed by atoms with van der Waals surface area (Å²) >= 11 is 0. The summed E-state index contributed by atoms with van der Waals surface area (Å²) in [7, 11) is 0. The van der Waals surface area contributed by atoms with Crippen LogP contribution in [0.2, 0.25) is 0 Å². The summed E-state index contributed by atoms with van der Waals surface area (Å²) in [5.74, 6) is -0.440. The zero-order valence-corrected chi connectivity index (χ0v) is 8.33. The van der Waals surface area contributed by atoms with E-state index in [4.69, 9.17) is 5.73 Å². The molecule has 0 unspecified atom stereocenters. The highest BCUT2D eigenvalue weighted by Crippen LogP contribution is 2.07. The standard InChI is InChI=1S/C12H16NO/c13-12(14)10-6-2-5-9-11-7-3-1-4-8-11/h1,3-4,7-8,13H,2,5-6,9-10H2. The van der Waals surface area contributed by atoms with E-state index in [9.17, 15) is 4.79 Å². The van der Waals surface area contributed by atoms with E-state index in [1.54, 1.807) is 0 Å². The maximum Gasteiger partial charge on any atom is 0.238 e. The van der Waals surface area contributed by atoms with Crippen LogP contribution in [-0.4, -0.2) is 5.91 Å². The SMILES string of the molecule is [NH]C(=O)CCCCCc1ccccc1. The van der Waals surface area contributed by atoms with Gasteiger partial charge >= 0.3 is 0 Å². The smallest absolute Gasteiger partial charge is 0.238 e. The zero-order chi connectivity index (χ0) is 10.2. The predicted molar refractivity (Wildman–Crippen MR) is 56.7 cm³/mol. The monoisotopic (exact) mass is 190 g/mol. The minimum atomic E-state index is -0.440. The summed E-state index contributed by atoms with van der Waals surface area (Å²) < 4.78 is 0. The van der Waals surface area contributed by atoms with Gasteiger partial charge in [0.1, 0.15) is 0 Å². The van der Waals surface area contributed by atoms with Gasteiger partial charge in [0.05, 0.1) is 0 Å². The van der Waals surface area contributed by atoms with Crippen molar-refractivity contribution in [3.63, 3.8) is 0 Å². The Morgan fingerprint density at radius 2 is 1.79 bits per heavy atom. The minimum absolute atomic E-state index is 0.411. The Labute approximate surface area is 85.1 Å². The molecule has 14 heavy (non-hydrogen) atoms. The fourth-order valence-corrected chi connectivity index (χ4v) is 1.44. The molecule has 1 aromatic rings. The summed E-state index contributed by atoms with van der Waals surface area (Å²) in [6, 6.07) is 10.3. The number of aryl methyl sites for hydroxylation is 1. The molecule has 2 nitrogen and oxygen atoms in total. The number of carbonyl (C=O) groups excluding carboxylic acids is 1. The Bertz CT molecular complexity index is 269. The lowest BCUT2D eigenvalue weighted by Gasteiger charge is -2.00. The van der Waals surface area contributed by atoms with E-state index < -0.39 is 5.91 Å². The molecule has 1 aromatic carbocycles. The number of hydrogen-bond donors (Lipinski definition) is 0. The van der Waals surface area contributed by atoms with Gasteiger partial charge in [-0.3, -0.25) is 10.5 Å². The summed E-state index contributed by atoms with van der Waals surface area (Å²) in [4.78, 5) is 10.3. The number of unbranched alkanes of at least 4 members (excludes halogenated alkanes) is 2. The molecule has 0 atom stereocenters. The van der Waals surface area contributed by atoms with Crippen molar-refractivity contribution in [3.8, 4) is 0 Å². The van der Waals surface area contributed by atoms with Crippen LogP contribution >= 0.6 is 0 Å². The predicted octanol–water partition coefficient (Wildman–Crippen LogP) is 2.60. The van der Waals surface area contributed by atoms with E-state index >= 15 is 0 Å². The molecule has 1 rings (SSSR count). The van der Waals surface area contributed by atoms with Crippen molar-refractivity contribution in [3.05, 3.63) is 35.9 Å². The van der Waals surface area contributed by atoms with Gasteiger partial charge in [0, 0.05) is 6.42 Å². The molecule has 0 aliphatic carbocycles. The molecular formula is C12H16NO. The van der Waals surface area contributed by atoms with Crippen molar-refractivity contribution in [2.24, 2.45) is 0 Å². The van der Waals surface area contributed by atoms with Gasteiger partial charge in [0.25, 0.3) is 0 Å². The molecule has 0 heterocycles. The van der Waals surface area contributed by atoms with Gasteiger partial charge in [0.2, 0.25) is 5.91 Å². The molecule has 0 bridgehead atoms. The van der Waals surface area contributed by atoms with E-state index in [0.717, 1.165) is 25.7 Å². The third-order valence-corrected chi connectivity index (χ3v) is 2.21. The van der Waals surface area contributed by atoms with Crippen LogP contribution in [0, 0.1) is 0 Å². The first-order chi connectivity index (χ1) is 6.79. The first-order valence-corrected chi connectivity index (χ1v) is 5.07. The molecule has 0 fully saturated rings. The Kier molecular flexibility index (Phi) is 4.76. The largest absolute Gasteiger partial charge is 0.273 e. The summed E-state index contributed by atoms with van der Waals surface area (Å²) in [6.45, 7) is 0. The van der Waals surface area contributed by atoms with E-state index in [-0.39, 0.29) is 0 Å². The Morgan fingerprint density at radius 1 is 1.07 bits per heavy atom. The average molecular weight is 190 g/mol. The molecule has 0 spiro atoms. The summed E-state index contributed by atoms with van der Waals surface area (Å²) in [6.07, 6.45) is 4.49. The molecular weight excluding hydrogens is 174 g/mol. The highest BCUT2D eigenvalue weighted by molar-refractivity contribution is 5.72. The van der Waals surface area contributed by atoms with E-state index in [1.165, 1.54) is 5.56 Å². The van der Waals surface area contributed by atoms with E-state index in [2.05, 4.69) is 12.1 Å². The molecule has 0 aromatic heterocycles. The first-order valence-electron chi connectivity index (χ1n) is 5.07. The van der Waals surface area contributed by atoms with E-state index in [0.29, 0.717) is 6.42 Å². The van der Waals surface area contributed by atoms with Crippen LogP contribution < -0.4 is 5.73 Å². The Hall–Kier alpha value is -1.31. The Balaban J connectivity index is 2.08. The van der Waals surface area contributed by atoms with Crippen LogP contribution in [0.3, 0.4) is 0 Å².